The van der Waals surface area contributed by atoms with Gasteiger partial charge in [-0.05, 0) is 26.2 Å². The van der Waals surface area contributed by atoms with Crippen LogP contribution in [0.1, 0.15) is 37.6 Å². The maximum Gasteiger partial charge on any atom is 0.490 e. The lowest BCUT2D eigenvalue weighted by molar-refractivity contribution is -0.192. The van der Waals surface area contributed by atoms with Crippen molar-refractivity contribution < 1.29 is 32.5 Å². The largest absolute Gasteiger partial charge is 0.490 e. The van der Waals surface area contributed by atoms with Gasteiger partial charge in [-0.3, -0.25) is 4.90 Å². The van der Waals surface area contributed by atoms with Crippen LogP contribution in [0, 0.1) is 0 Å². The second kappa shape index (κ2) is 10.00. The van der Waals surface area contributed by atoms with Gasteiger partial charge in [0.2, 0.25) is 0 Å². The quantitative estimate of drug-likeness (QED) is 0.833. The topological polar surface area (TPSA) is 89.7 Å². The summed E-state index contributed by atoms with van der Waals surface area (Å²) in [6.45, 7) is 8.14. The molecule has 0 amide bonds. The maximum absolute atomic E-state index is 10.6. The van der Waals surface area contributed by atoms with E-state index in [-0.39, 0.29) is 0 Å². The highest BCUT2D eigenvalue weighted by molar-refractivity contribution is 5.73. The highest BCUT2D eigenvalue weighted by atomic mass is 19.4. The molecular formula is C16H25F3N4O4. The van der Waals surface area contributed by atoms with Crippen molar-refractivity contribution in [2.45, 2.75) is 58.1 Å². The number of alkyl halides is 3. The summed E-state index contributed by atoms with van der Waals surface area (Å²) in [5, 5.41) is 15.7. The van der Waals surface area contributed by atoms with Crippen LogP contribution < -0.4 is 0 Å². The smallest absolute Gasteiger partial charge is 0.475 e. The van der Waals surface area contributed by atoms with Crippen molar-refractivity contribution in [1.29, 1.82) is 0 Å². The summed E-state index contributed by atoms with van der Waals surface area (Å²) >= 11 is 0. The highest BCUT2D eigenvalue weighted by Crippen LogP contribution is 2.22. The van der Waals surface area contributed by atoms with Gasteiger partial charge in [0.05, 0.1) is 12.3 Å². The van der Waals surface area contributed by atoms with Crippen molar-refractivity contribution in [3.05, 3.63) is 11.4 Å². The Morgan fingerprint density at radius 2 is 2.00 bits per heavy atom. The molecule has 1 aromatic rings. The van der Waals surface area contributed by atoms with Crippen molar-refractivity contribution in [3.63, 3.8) is 0 Å². The summed E-state index contributed by atoms with van der Waals surface area (Å²) in [7, 11) is 0. The Hall–Kier alpha value is -1.72. The van der Waals surface area contributed by atoms with Crippen molar-refractivity contribution >= 4 is 5.97 Å². The van der Waals surface area contributed by atoms with Crippen molar-refractivity contribution in [2.24, 2.45) is 0 Å². The van der Waals surface area contributed by atoms with Gasteiger partial charge in [0.1, 0.15) is 5.69 Å². The number of aliphatic carboxylic acids is 1. The zero-order valence-electron chi connectivity index (χ0n) is 15.2. The Morgan fingerprint density at radius 1 is 1.33 bits per heavy atom. The first-order valence-corrected chi connectivity index (χ1v) is 8.93. The van der Waals surface area contributed by atoms with Crippen molar-refractivity contribution in [3.8, 4) is 0 Å². The number of hydrogen-bond donors (Lipinski definition) is 1. The fourth-order valence-corrected chi connectivity index (χ4v) is 3.09. The van der Waals surface area contributed by atoms with Gasteiger partial charge in [-0.25, -0.2) is 9.48 Å². The predicted molar refractivity (Wildman–Crippen MR) is 87.9 cm³/mol. The molecule has 0 radical (unpaired) electrons. The van der Waals surface area contributed by atoms with E-state index < -0.39 is 12.1 Å². The van der Waals surface area contributed by atoms with Crippen LogP contribution in [0.5, 0.6) is 0 Å². The monoisotopic (exact) mass is 394 g/mol. The number of nitrogens with zero attached hydrogens (tertiary/aromatic N) is 4. The molecule has 8 nitrogen and oxygen atoms in total. The molecule has 3 heterocycles. The fourth-order valence-electron chi connectivity index (χ4n) is 3.09. The molecule has 1 saturated heterocycles. The summed E-state index contributed by atoms with van der Waals surface area (Å²) in [6.07, 6.45) is -1.66. The van der Waals surface area contributed by atoms with Gasteiger partial charge in [0.15, 0.2) is 0 Å². The van der Waals surface area contributed by atoms with Crippen LogP contribution in [0.15, 0.2) is 0 Å². The number of hydrogen-bond acceptors (Lipinski definition) is 6. The lowest BCUT2D eigenvalue weighted by Crippen LogP contribution is -2.39. The maximum atomic E-state index is 10.6. The van der Waals surface area contributed by atoms with Crippen LogP contribution in [0.25, 0.3) is 0 Å². The van der Waals surface area contributed by atoms with E-state index >= 15 is 0 Å². The first kappa shape index (κ1) is 21.6. The second-order valence-electron chi connectivity index (χ2n) is 6.31. The molecule has 0 bridgehead atoms. The third-order valence-electron chi connectivity index (χ3n) is 4.48. The van der Waals surface area contributed by atoms with Crippen LogP contribution in [-0.2, 0) is 34.0 Å². The summed E-state index contributed by atoms with van der Waals surface area (Å²) in [4.78, 5) is 11.5. The van der Waals surface area contributed by atoms with E-state index in [9.17, 15) is 13.2 Å². The van der Waals surface area contributed by atoms with E-state index in [2.05, 4.69) is 19.9 Å². The van der Waals surface area contributed by atoms with E-state index in [4.69, 9.17) is 19.4 Å². The predicted octanol–water partition coefficient (Wildman–Crippen LogP) is 1.83. The number of carboxylic acid groups (broad SMARTS) is 1. The van der Waals surface area contributed by atoms with Gasteiger partial charge in [0.25, 0.3) is 0 Å². The standard InChI is InChI=1S/C14H24N4O2.C2HF3O2/c1-2-19-11-13-14-10-17(12-4-8-20-9-5-12)6-3-7-18(14)16-15-13;3-2(4,5)1(6)7/h12H,2-11H2,1H3;(H,6,7). The van der Waals surface area contributed by atoms with Crippen molar-refractivity contribution in [2.75, 3.05) is 26.4 Å². The van der Waals surface area contributed by atoms with Gasteiger partial charge in [-0.1, -0.05) is 5.21 Å². The normalized spacial score (nSPS) is 19.0. The van der Waals surface area contributed by atoms with Crippen LogP contribution in [0.3, 0.4) is 0 Å². The van der Waals surface area contributed by atoms with Gasteiger partial charge >= 0.3 is 12.1 Å². The Morgan fingerprint density at radius 3 is 2.59 bits per heavy atom. The summed E-state index contributed by atoms with van der Waals surface area (Å²) in [5.41, 5.74) is 2.24. The van der Waals surface area contributed by atoms with E-state index in [1.165, 1.54) is 5.69 Å². The van der Waals surface area contributed by atoms with Gasteiger partial charge in [0, 0.05) is 45.5 Å². The molecule has 0 aromatic carbocycles. The SMILES string of the molecule is CCOCc1nnn2c1CN(C1CCOCC1)CCC2.O=C(O)C(F)(F)F. The minimum absolute atomic E-state index is 0.577. The Labute approximate surface area is 155 Å². The second-order valence-corrected chi connectivity index (χ2v) is 6.31. The molecule has 1 aromatic heterocycles. The third-order valence-corrected chi connectivity index (χ3v) is 4.48. The number of carboxylic acids is 1. The molecule has 0 atom stereocenters. The summed E-state index contributed by atoms with van der Waals surface area (Å²) in [5.74, 6) is -2.76. The third kappa shape index (κ3) is 6.43. The Balaban J connectivity index is 0.000000321. The average molecular weight is 394 g/mol. The van der Waals surface area contributed by atoms with E-state index in [0.29, 0.717) is 12.6 Å². The van der Waals surface area contributed by atoms with Crippen LogP contribution in [-0.4, -0.2) is 69.6 Å². The zero-order chi connectivity index (χ0) is 19.9. The minimum atomic E-state index is -5.08. The zero-order valence-corrected chi connectivity index (χ0v) is 15.2. The lowest BCUT2D eigenvalue weighted by atomic mass is 10.1. The van der Waals surface area contributed by atoms with Crippen LogP contribution in [0.2, 0.25) is 0 Å². The summed E-state index contributed by atoms with van der Waals surface area (Å²) in [6, 6.07) is 0.644. The Bertz CT molecular complexity index is 603. The molecule has 27 heavy (non-hydrogen) atoms. The number of rotatable bonds is 4. The highest BCUT2D eigenvalue weighted by Gasteiger charge is 2.38. The van der Waals surface area contributed by atoms with Crippen LogP contribution in [0.4, 0.5) is 13.2 Å². The molecule has 154 valence electrons. The number of aryl methyl sites for hydroxylation is 1. The van der Waals surface area contributed by atoms with E-state index in [0.717, 1.165) is 64.4 Å². The molecule has 0 aliphatic carbocycles. The van der Waals surface area contributed by atoms with Gasteiger partial charge in [-0.15, -0.1) is 5.10 Å². The molecule has 2 aliphatic rings. The average Bonchev–Trinajstić information content (AvgIpc) is 2.88. The molecule has 3 rings (SSSR count). The number of halogens is 3. The molecule has 2 aliphatic heterocycles. The molecule has 1 N–H and O–H groups in total. The number of fused-ring (bicyclic) bond motifs is 1. The van der Waals surface area contributed by atoms with Gasteiger partial charge in [-0.2, -0.15) is 13.2 Å². The van der Waals surface area contributed by atoms with Gasteiger partial charge < -0.3 is 14.6 Å². The summed E-state index contributed by atoms with van der Waals surface area (Å²) < 4.78 is 44.8. The Kier molecular flexibility index (Phi) is 7.99. The van der Waals surface area contributed by atoms with E-state index in [1.807, 2.05) is 6.92 Å². The number of ether oxygens (including phenoxy) is 2. The van der Waals surface area contributed by atoms with Crippen LogP contribution >= 0.6 is 0 Å². The molecular weight excluding hydrogens is 369 g/mol. The minimum Gasteiger partial charge on any atom is -0.475 e. The fraction of sp³-hybridized carbons (Fsp3) is 0.812. The number of carbonyl (C=O) groups is 1. The van der Waals surface area contributed by atoms with Crippen molar-refractivity contribution in [1.82, 2.24) is 19.9 Å². The lowest BCUT2D eigenvalue weighted by Gasteiger charge is -2.33. The number of aromatic nitrogens is 3. The molecule has 0 unspecified atom stereocenters. The first-order valence-electron chi connectivity index (χ1n) is 8.93. The molecule has 11 heteroatoms. The first-order chi connectivity index (χ1) is 12.8. The molecule has 0 saturated carbocycles. The molecule has 1 fully saturated rings. The molecule has 0 spiro atoms. The van der Waals surface area contributed by atoms with E-state index in [1.54, 1.807) is 0 Å².